The molecule has 142 valence electrons. The highest BCUT2D eigenvalue weighted by Gasteiger charge is 2.26. The summed E-state index contributed by atoms with van der Waals surface area (Å²) in [6, 6.07) is 7.72. The van der Waals surface area contributed by atoms with Gasteiger partial charge in [-0.15, -0.1) is 0 Å². The van der Waals surface area contributed by atoms with Crippen LogP contribution in [0.1, 0.15) is 39.0 Å². The number of nitrogens with one attached hydrogen (secondary N) is 1. The van der Waals surface area contributed by atoms with Gasteiger partial charge in [-0.3, -0.25) is 9.59 Å². The summed E-state index contributed by atoms with van der Waals surface area (Å²) >= 11 is 0. The predicted molar refractivity (Wildman–Crippen MR) is 100 cm³/mol. The molecule has 1 heterocycles. The van der Waals surface area contributed by atoms with Crippen LogP contribution in [0.4, 0.5) is 11.4 Å². The number of benzene rings is 1. The van der Waals surface area contributed by atoms with Crippen molar-refractivity contribution in [1.82, 2.24) is 0 Å². The Labute approximate surface area is 154 Å². The van der Waals surface area contributed by atoms with Crippen LogP contribution in [-0.2, 0) is 19.1 Å². The van der Waals surface area contributed by atoms with Gasteiger partial charge in [0.1, 0.15) is 0 Å². The number of rotatable bonds is 5. The van der Waals surface area contributed by atoms with Crippen molar-refractivity contribution >= 4 is 23.3 Å². The van der Waals surface area contributed by atoms with E-state index < -0.39 is 6.10 Å². The van der Waals surface area contributed by atoms with Crippen molar-refractivity contribution in [3.8, 4) is 0 Å². The number of amides is 1. The van der Waals surface area contributed by atoms with E-state index >= 15 is 0 Å². The molecule has 3 rings (SSSR count). The Balaban J connectivity index is 1.49. The second-order valence-electron chi connectivity index (χ2n) is 7.05. The van der Waals surface area contributed by atoms with E-state index in [4.69, 9.17) is 9.47 Å². The van der Waals surface area contributed by atoms with E-state index in [0.717, 1.165) is 57.7 Å². The Kier molecular flexibility index (Phi) is 6.50. The number of esters is 1. The van der Waals surface area contributed by atoms with Crippen LogP contribution in [0.3, 0.4) is 0 Å². The Morgan fingerprint density at radius 1 is 1.12 bits per heavy atom. The van der Waals surface area contributed by atoms with Gasteiger partial charge in [-0.2, -0.15) is 0 Å². The fourth-order valence-electron chi connectivity index (χ4n) is 3.48. The number of nitrogens with zero attached hydrogens (tertiary/aromatic N) is 1. The van der Waals surface area contributed by atoms with Gasteiger partial charge in [0, 0.05) is 24.5 Å². The van der Waals surface area contributed by atoms with Gasteiger partial charge in [0.25, 0.3) is 5.91 Å². The van der Waals surface area contributed by atoms with Crippen LogP contribution in [0.15, 0.2) is 24.3 Å². The van der Waals surface area contributed by atoms with E-state index in [1.54, 1.807) is 6.92 Å². The molecule has 1 amide bonds. The summed E-state index contributed by atoms with van der Waals surface area (Å²) in [5, 5.41) is 2.82. The van der Waals surface area contributed by atoms with Crippen LogP contribution < -0.4 is 10.2 Å². The first-order chi connectivity index (χ1) is 12.6. The van der Waals surface area contributed by atoms with Gasteiger partial charge in [0.05, 0.1) is 19.1 Å². The highest BCUT2D eigenvalue weighted by atomic mass is 16.5. The van der Waals surface area contributed by atoms with Crippen molar-refractivity contribution in [2.75, 3.05) is 36.5 Å². The van der Waals surface area contributed by atoms with E-state index in [0.29, 0.717) is 5.69 Å². The van der Waals surface area contributed by atoms with Crippen LogP contribution in [0.5, 0.6) is 0 Å². The SMILES string of the molecule is CC(OC(=O)C1CCCCC1)C(=O)Nc1ccc(N2CCOCC2)cc1. The molecular weight excluding hydrogens is 332 g/mol. The van der Waals surface area contributed by atoms with Crippen molar-refractivity contribution in [2.24, 2.45) is 5.92 Å². The first kappa shape index (κ1) is 18.7. The van der Waals surface area contributed by atoms with Crippen LogP contribution in [0, 0.1) is 5.92 Å². The third kappa shape index (κ3) is 4.97. The zero-order valence-corrected chi connectivity index (χ0v) is 15.4. The Morgan fingerprint density at radius 2 is 1.77 bits per heavy atom. The van der Waals surface area contributed by atoms with Crippen molar-refractivity contribution in [1.29, 1.82) is 0 Å². The molecule has 6 nitrogen and oxygen atoms in total. The van der Waals surface area contributed by atoms with Gasteiger partial charge >= 0.3 is 5.97 Å². The van der Waals surface area contributed by atoms with Gasteiger partial charge < -0.3 is 19.7 Å². The average molecular weight is 360 g/mol. The molecule has 0 spiro atoms. The molecule has 1 aliphatic heterocycles. The summed E-state index contributed by atoms with van der Waals surface area (Å²) in [7, 11) is 0. The maximum atomic E-state index is 12.3. The smallest absolute Gasteiger partial charge is 0.309 e. The fourth-order valence-corrected chi connectivity index (χ4v) is 3.48. The minimum absolute atomic E-state index is 0.0493. The first-order valence-electron chi connectivity index (χ1n) is 9.57. The molecular formula is C20H28N2O4. The zero-order valence-electron chi connectivity index (χ0n) is 15.4. The normalized spacial score (nSPS) is 19.7. The lowest BCUT2D eigenvalue weighted by Gasteiger charge is -2.29. The largest absolute Gasteiger partial charge is 0.452 e. The molecule has 1 aromatic carbocycles. The summed E-state index contributed by atoms with van der Waals surface area (Å²) in [4.78, 5) is 26.7. The molecule has 1 unspecified atom stereocenters. The van der Waals surface area contributed by atoms with Gasteiger partial charge in [-0.1, -0.05) is 19.3 Å². The standard InChI is InChI=1S/C20H28N2O4/c1-15(26-20(24)16-5-3-2-4-6-16)19(23)21-17-7-9-18(10-8-17)22-11-13-25-14-12-22/h7-10,15-16H,2-6,11-14H2,1H3,(H,21,23). The van der Waals surface area contributed by atoms with Crippen LogP contribution in [0.25, 0.3) is 0 Å². The molecule has 26 heavy (non-hydrogen) atoms. The van der Waals surface area contributed by atoms with E-state index in [2.05, 4.69) is 10.2 Å². The topological polar surface area (TPSA) is 67.9 Å². The van der Waals surface area contributed by atoms with Crippen molar-refractivity contribution in [3.05, 3.63) is 24.3 Å². The second kappa shape index (κ2) is 9.03. The number of carbonyl (C=O) groups excluding carboxylic acids is 2. The fraction of sp³-hybridized carbons (Fsp3) is 0.600. The van der Waals surface area contributed by atoms with Crippen LogP contribution in [0.2, 0.25) is 0 Å². The zero-order chi connectivity index (χ0) is 18.4. The van der Waals surface area contributed by atoms with Crippen LogP contribution >= 0.6 is 0 Å². The van der Waals surface area contributed by atoms with Gasteiger partial charge in [-0.25, -0.2) is 0 Å². The molecule has 0 aromatic heterocycles. The number of hydrogen-bond acceptors (Lipinski definition) is 5. The molecule has 2 fully saturated rings. The lowest BCUT2D eigenvalue weighted by Crippen LogP contribution is -2.36. The highest BCUT2D eigenvalue weighted by Crippen LogP contribution is 2.25. The summed E-state index contributed by atoms with van der Waals surface area (Å²) < 4.78 is 10.7. The lowest BCUT2D eigenvalue weighted by atomic mass is 9.89. The van der Waals surface area contributed by atoms with E-state index in [-0.39, 0.29) is 17.8 Å². The molecule has 1 saturated heterocycles. The summed E-state index contributed by atoms with van der Waals surface area (Å²) in [5.41, 5.74) is 1.82. The number of hydrogen-bond donors (Lipinski definition) is 1. The first-order valence-corrected chi connectivity index (χ1v) is 9.57. The Hall–Kier alpha value is -2.08. The average Bonchev–Trinajstić information content (AvgIpc) is 2.70. The number of morpholine rings is 1. The molecule has 1 aliphatic carbocycles. The molecule has 6 heteroatoms. The Bertz CT molecular complexity index is 605. The maximum absolute atomic E-state index is 12.3. The number of anilines is 2. The van der Waals surface area contributed by atoms with E-state index in [1.807, 2.05) is 24.3 Å². The quantitative estimate of drug-likeness (QED) is 0.818. The molecule has 2 aliphatic rings. The van der Waals surface area contributed by atoms with E-state index in [9.17, 15) is 9.59 Å². The molecule has 1 atom stereocenters. The lowest BCUT2D eigenvalue weighted by molar-refractivity contribution is -0.158. The molecule has 1 saturated carbocycles. The minimum atomic E-state index is -0.789. The minimum Gasteiger partial charge on any atom is -0.452 e. The molecule has 1 N–H and O–H groups in total. The monoisotopic (exact) mass is 360 g/mol. The third-order valence-corrected chi connectivity index (χ3v) is 5.11. The van der Waals surface area contributed by atoms with Crippen LogP contribution in [-0.4, -0.2) is 44.3 Å². The molecule has 0 radical (unpaired) electrons. The second-order valence-corrected chi connectivity index (χ2v) is 7.05. The highest BCUT2D eigenvalue weighted by molar-refractivity contribution is 5.95. The van der Waals surface area contributed by atoms with Crippen molar-refractivity contribution < 1.29 is 19.1 Å². The molecule has 1 aromatic rings. The van der Waals surface area contributed by atoms with Gasteiger partial charge in [-0.05, 0) is 44.0 Å². The number of ether oxygens (including phenoxy) is 2. The van der Waals surface area contributed by atoms with E-state index in [1.165, 1.54) is 6.42 Å². The van der Waals surface area contributed by atoms with Gasteiger partial charge in [0.2, 0.25) is 0 Å². The molecule has 0 bridgehead atoms. The van der Waals surface area contributed by atoms with Crippen molar-refractivity contribution in [2.45, 2.75) is 45.1 Å². The van der Waals surface area contributed by atoms with Crippen molar-refractivity contribution in [3.63, 3.8) is 0 Å². The maximum Gasteiger partial charge on any atom is 0.309 e. The number of carbonyl (C=O) groups is 2. The Morgan fingerprint density at radius 3 is 2.42 bits per heavy atom. The predicted octanol–water partition coefficient (Wildman–Crippen LogP) is 2.97. The summed E-state index contributed by atoms with van der Waals surface area (Å²) in [6.45, 7) is 4.85. The van der Waals surface area contributed by atoms with Gasteiger partial charge in [0.15, 0.2) is 6.10 Å². The summed E-state index contributed by atoms with van der Waals surface area (Å²) in [5.74, 6) is -0.588. The summed E-state index contributed by atoms with van der Waals surface area (Å²) in [6.07, 6.45) is 4.27. The third-order valence-electron chi connectivity index (χ3n) is 5.11.